The number of unbranched alkanes of at least 4 members (excludes halogenated alkanes) is 2. The van der Waals surface area contributed by atoms with Gasteiger partial charge in [0.25, 0.3) is 0 Å². The van der Waals surface area contributed by atoms with Gasteiger partial charge in [-0.3, -0.25) is 0 Å². The highest BCUT2D eigenvalue weighted by molar-refractivity contribution is 6.48. The molecule has 0 radical (unpaired) electrons. The van der Waals surface area contributed by atoms with Crippen molar-refractivity contribution in [1.29, 1.82) is 0 Å². The zero-order valence-corrected chi connectivity index (χ0v) is 8.50. The van der Waals surface area contributed by atoms with Gasteiger partial charge in [0.1, 0.15) is 0 Å². The third kappa shape index (κ3) is 2.47. The first kappa shape index (κ1) is 9.54. The van der Waals surface area contributed by atoms with Crippen LogP contribution in [-0.4, -0.2) is 20.3 Å². The predicted octanol–water partition coefficient (Wildman–Crippen LogP) is 2.49. The summed E-state index contributed by atoms with van der Waals surface area (Å²) in [7, 11) is 0.159. The fraction of sp³-hybridized carbons (Fsp3) is 1.00. The van der Waals surface area contributed by atoms with Crippen LogP contribution in [0.1, 0.15) is 39.0 Å². The largest absolute Gasteiger partial charge is 0.460 e. The normalized spacial score (nSPS) is 32.5. The Bertz CT molecular complexity index is 157. The van der Waals surface area contributed by atoms with Gasteiger partial charge in [-0.1, -0.05) is 32.6 Å². The Kier molecular flexibility index (Phi) is 3.28. The van der Waals surface area contributed by atoms with Crippen molar-refractivity contribution in [2.24, 2.45) is 5.92 Å². The van der Waals surface area contributed by atoms with E-state index in [1.165, 1.54) is 32.1 Å². The molecule has 0 aromatic rings. The molecule has 1 aliphatic carbocycles. The van der Waals surface area contributed by atoms with Crippen molar-refractivity contribution in [2.45, 2.75) is 44.8 Å². The summed E-state index contributed by atoms with van der Waals surface area (Å²) in [6.07, 6.45) is 6.84. The first-order valence-electron chi connectivity index (χ1n) is 5.65. The zero-order chi connectivity index (χ0) is 9.10. The molecule has 2 aliphatic rings. The van der Waals surface area contributed by atoms with E-state index < -0.39 is 0 Å². The van der Waals surface area contributed by atoms with E-state index in [2.05, 4.69) is 6.92 Å². The Morgan fingerprint density at radius 2 is 2.00 bits per heavy atom. The second-order valence-electron chi connectivity index (χ2n) is 4.27. The fourth-order valence-electron chi connectivity index (χ4n) is 2.22. The highest BCUT2D eigenvalue weighted by Gasteiger charge is 2.49. The van der Waals surface area contributed by atoms with Gasteiger partial charge in [-0.25, -0.2) is 0 Å². The van der Waals surface area contributed by atoms with Crippen molar-refractivity contribution in [2.75, 3.05) is 13.2 Å². The van der Waals surface area contributed by atoms with Gasteiger partial charge in [-0.2, -0.15) is 0 Å². The Morgan fingerprint density at radius 3 is 2.69 bits per heavy atom. The summed E-state index contributed by atoms with van der Waals surface area (Å²) in [6.45, 7) is 3.87. The highest BCUT2D eigenvalue weighted by atomic mass is 16.6. The van der Waals surface area contributed by atoms with E-state index in [9.17, 15) is 0 Å². The molecule has 1 aliphatic heterocycles. The first-order chi connectivity index (χ1) is 6.42. The topological polar surface area (TPSA) is 18.5 Å². The second kappa shape index (κ2) is 4.47. The lowest BCUT2D eigenvalue weighted by molar-refractivity contribution is 0.365. The summed E-state index contributed by atoms with van der Waals surface area (Å²) < 4.78 is 11.0. The second-order valence-corrected chi connectivity index (χ2v) is 4.27. The van der Waals surface area contributed by atoms with Crippen molar-refractivity contribution in [3.63, 3.8) is 0 Å². The molecule has 2 atom stereocenters. The maximum Gasteiger partial charge on any atom is 0.460 e. The molecule has 74 valence electrons. The van der Waals surface area contributed by atoms with Crippen LogP contribution in [-0.2, 0) is 9.31 Å². The van der Waals surface area contributed by atoms with Gasteiger partial charge in [-0.15, -0.1) is 0 Å². The Labute approximate surface area is 81.1 Å². The monoisotopic (exact) mass is 182 g/mol. The molecule has 3 heteroatoms. The molecule has 0 N–H and O–H groups in total. The number of rotatable bonds is 5. The molecule has 1 saturated carbocycles. The van der Waals surface area contributed by atoms with Gasteiger partial charge in [0.2, 0.25) is 0 Å². The maximum absolute atomic E-state index is 5.49. The molecule has 1 heterocycles. The SMILES string of the molecule is CCCCC[C@@H]1C[C@H]1B1OCCO1. The van der Waals surface area contributed by atoms with E-state index >= 15 is 0 Å². The molecular formula is C10H19BO2. The van der Waals surface area contributed by atoms with Crippen molar-refractivity contribution in [3.05, 3.63) is 0 Å². The van der Waals surface area contributed by atoms with Crippen LogP contribution < -0.4 is 0 Å². The third-order valence-electron chi connectivity index (χ3n) is 3.15. The molecule has 0 spiro atoms. The zero-order valence-electron chi connectivity index (χ0n) is 8.50. The summed E-state index contributed by atoms with van der Waals surface area (Å²) in [5.74, 6) is 1.65. The van der Waals surface area contributed by atoms with E-state index in [-0.39, 0.29) is 7.12 Å². The maximum atomic E-state index is 5.49. The molecule has 0 aromatic carbocycles. The quantitative estimate of drug-likeness (QED) is 0.480. The van der Waals surface area contributed by atoms with Crippen LogP contribution in [0.3, 0.4) is 0 Å². The summed E-state index contributed by atoms with van der Waals surface area (Å²) in [5, 5.41) is 0. The minimum absolute atomic E-state index is 0.159. The lowest BCUT2D eigenvalue weighted by Crippen LogP contribution is -2.14. The van der Waals surface area contributed by atoms with Crippen LogP contribution in [0.25, 0.3) is 0 Å². The molecule has 0 unspecified atom stereocenters. The lowest BCUT2D eigenvalue weighted by Gasteiger charge is -2.02. The Morgan fingerprint density at radius 1 is 1.23 bits per heavy atom. The van der Waals surface area contributed by atoms with Gasteiger partial charge in [0.05, 0.1) is 13.2 Å². The molecule has 13 heavy (non-hydrogen) atoms. The summed E-state index contributed by atoms with van der Waals surface area (Å²) in [5.41, 5.74) is 0. The van der Waals surface area contributed by atoms with Crippen LogP contribution in [0.2, 0.25) is 5.82 Å². The van der Waals surface area contributed by atoms with Crippen LogP contribution in [0.15, 0.2) is 0 Å². The van der Waals surface area contributed by atoms with E-state index in [4.69, 9.17) is 9.31 Å². The van der Waals surface area contributed by atoms with E-state index in [1.54, 1.807) is 0 Å². The van der Waals surface area contributed by atoms with Crippen molar-refractivity contribution in [3.8, 4) is 0 Å². The average Bonchev–Trinajstić information content (AvgIpc) is 2.72. The summed E-state index contributed by atoms with van der Waals surface area (Å²) in [4.78, 5) is 0. The number of hydrogen-bond acceptors (Lipinski definition) is 2. The van der Waals surface area contributed by atoms with Gasteiger partial charge in [0, 0.05) is 0 Å². The number of hydrogen-bond donors (Lipinski definition) is 0. The van der Waals surface area contributed by atoms with E-state index in [0.29, 0.717) is 0 Å². The minimum atomic E-state index is 0.159. The van der Waals surface area contributed by atoms with Crippen molar-refractivity contribution in [1.82, 2.24) is 0 Å². The molecule has 2 fully saturated rings. The third-order valence-corrected chi connectivity index (χ3v) is 3.15. The Hall–Kier alpha value is -0.0151. The van der Waals surface area contributed by atoms with Crippen molar-refractivity contribution >= 4 is 7.12 Å². The van der Waals surface area contributed by atoms with Gasteiger partial charge < -0.3 is 9.31 Å². The smallest absolute Gasteiger partial charge is 0.409 e. The van der Waals surface area contributed by atoms with Gasteiger partial charge in [-0.05, 0) is 18.2 Å². The van der Waals surface area contributed by atoms with Gasteiger partial charge >= 0.3 is 7.12 Å². The molecule has 0 amide bonds. The van der Waals surface area contributed by atoms with Crippen LogP contribution in [0.4, 0.5) is 0 Å². The first-order valence-corrected chi connectivity index (χ1v) is 5.65. The molecule has 0 bridgehead atoms. The Balaban J connectivity index is 1.59. The van der Waals surface area contributed by atoms with E-state index in [0.717, 1.165) is 24.9 Å². The van der Waals surface area contributed by atoms with Crippen LogP contribution >= 0.6 is 0 Å². The van der Waals surface area contributed by atoms with Crippen molar-refractivity contribution < 1.29 is 9.31 Å². The summed E-state index contributed by atoms with van der Waals surface area (Å²) in [6, 6.07) is 0. The standard InChI is InChI=1S/C10H19BO2/c1-2-3-4-5-9-8-10(9)11-12-6-7-13-11/h9-10H,2-8H2,1H3/t9-,10-/m1/s1. The molecule has 2 rings (SSSR count). The fourth-order valence-corrected chi connectivity index (χ4v) is 2.22. The van der Waals surface area contributed by atoms with Crippen LogP contribution in [0, 0.1) is 5.92 Å². The van der Waals surface area contributed by atoms with Crippen LogP contribution in [0.5, 0.6) is 0 Å². The minimum Gasteiger partial charge on any atom is -0.409 e. The molecule has 1 saturated heterocycles. The van der Waals surface area contributed by atoms with E-state index in [1.807, 2.05) is 0 Å². The van der Waals surface area contributed by atoms with Gasteiger partial charge in [0.15, 0.2) is 0 Å². The molecular weight excluding hydrogens is 163 g/mol. The molecule has 0 aromatic heterocycles. The average molecular weight is 182 g/mol. The highest BCUT2D eigenvalue weighted by Crippen LogP contribution is 2.51. The summed E-state index contributed by atoms with van der Waals surface area (Å²) >= 11 is 0. The predicted molar refractivity (Wildman–Crippen MR) is 53.7 cm³/mol. The molecule has 2 nitrogen and oxygen atoms in total. The lowest BCUT2D eigenvalue weighted by atomic mass is 9.80.